The highest BCUT2D eigenvalue weighted by Crippen LogP contribution is 2.15. The summed E-state index contributed by atoms with van der Waals surface area (Å²) >= 11 is 5.55. The molecule has 0 saturated heterocycles. The molecule has 0 radical (unpaired) electrons. The van der Waals surface area contributed by atoms with Crippen LogP contribution in [0.4, 0.5) is 4.79 Å². The predicted molar refractivity (Wildman–Crippen MR) is 102 cm³/mol. The van der Waals surface area contributed by atoms with E-state index >= 15 is 0 Å². The molecule has 9 nitrogen and oxygen atoms in total. The van der Waals surface area contributed by atoms with Gasteiger partial charge in [-0.25, -0.2) is 4.79 Å². The van der Waals surface area contributed by atoms with Crippen molar-refractivity contribution in [2.45, 2.75) is 59.1 Å². The van der Waals surface area contributed by atoms with E-state index in [1.54, 1.807) is 20.8 Å². The molecule has 0 aromatic heterocycles. The molecule has 0 saturated carbocycles. The summed E-state index contributed by atoms with van der Waals surface area (Å²) < 4.78 is 5.31. The van der Waals surface area contributed by atoms with E-state index in [0.29, 0.717) is 6.42 Å². The molecule has 0 aliphatic heterocycles. The van der Waals surface area contributed by atoms with Gasteiger partial charge in [-0.3, -0.25) is 29.7 Å². The number of alkyl halides is 1. The minimum atomic E-state index is -0.876. The second-order valence-electron chi connectivity index (χ2n) is 7.61. The largest absolute Gasteiger partial charge is 0.444 e. The molecule has 0 spiro atoms. The van der Waals surface area contributed by atoms with Gasteiger partial charge in [0.15, 0.2) is 0 Å². The summed E-state index contributed by atoms with van der Waals surface area (Å²) in [6, 6.07) is -0.876. The van der Waals surface area contributed by atoms with Crippen LogP contribution in [0.15, 0.2) is 0 Å². The Labute approximate surface area is 165 Å². The summed E-state index contributed by atoms with van der Waals surface area (Å²) in [5, 5.41) is 0.941. The van der Waals surface area contributed by atoms with E-state index in [-0.39, 0.29) is 24.8 Å². The van der Waals surface area contributed by atoms with Gasteiger partial charge in [-0.1, -0.05) is 13.8 Å². The lowest BCUT2D eigenvalue weighted by molar-refractivity contribution is -0.142. The van der Waals surface area contributed by atoms with Crippen molar-refractivity contribution in [2.24, 2.45) is 11.7 Å². The zero-order valence-corrected chi connectivity index (χ0v) is 17.6. The fourth-order valence-electron chi connectivity index (χ4n) is 2.09. The Morgan fingerprint density at radius 1 is 1.19 bits per heavy atom. The van der Waals surface area contributed by atoms with Crippen molar-refractivity contribution in [1.82, 2.24) is 15.3 Å². The fraction of sp³-hybridized carbons (Fsp3) is 0.765. The maximum absolute atomic E-state index is 12.8. The lowest BCUT2D eigenvalue weighted by Crippen LogP contribution is -2.56. The first-order valence-electron chi connectivity index (χ1n) is 8.69. The summed E-state index contributed by atoms with van der Waals surface area (Å²) in [5.41, 5.74) is 6.81. The van der Waals surface area contributed by atoms with Gasteiger partial charge >= 0.3 is 6.09 Å². The number of carbonyl (C=O) groups excluding carboxylic acids is 4. The molecule has 0 aliphatic rings. The number of rotatable bonds is 8. The van der Waals surface area contributed by atoms with Gasteiger partial charge in [-0.15, -0.1) is 11.6 Å². The van der Waals surface area contributed by atoms with E-state index in [1.165, 1.54) is 11.9 Å². The Balaban J connectivity index is 5.34. The monoisotopic (exact) mass is 406 g/mol. The quantitative estimate of drug-likeness (QED) is 0.464. The van der Waals surface area contributed by atoms with Crippen LogP contribution in [0.5, 0.6) is 0 Å². The van der Waals surface area contributed by atoms with E-state index in [0.717, 1.165) is 5.01 Å². The summed E-state index contributed by atoms with van der Waals surface area (Å²) in [6.45, 7) is 8.86. The molecule has 0 fully saturated rings. The third-order valence-electron chi connectivity index (χ3n) is 3.39. The first kappa shape index (κ1) is 25.0. The number of hydrogen-bond donors (Lipinski definition) is 2. The van der Waals surface area contributed by atoms with E-state index < -0.39 is 35.5 Å². The van der Waals surface area contributed by atoms with Crippen molar-refractivity contribution in [2.75, 3.05) is 19.5 Å². The number of nitrogens with one attached hydrogen (secondary N) is 1. The van der Waals surface area contributed by atoms with Crippen LogP contribution in [0.2, 0.25) is 0 Å². The number of ether oxygens (including phenoxy) is 1. The number of carbonyl (C=O) groups is 4. The van der Waals surface area contributed by atoms with Crippen LogP contribution < -0.4 is 11.2 Å². The average Bonchev–Trinajstić information content (AvgIpc) is 2.52. The van der Waals surface area contributed by atoms with E-state index in [1.807, 2.05) is 13.8 Å². The molecular weight excluding hydrogens is 376 g/mol. The van der Waals surface area contributed by atoms with Crippen LogP contribution >= 0.6 is 11.6 Å². The highest BCUT2D eigenvalue weighted by atomic mass is 35.5. The molecule has 0 aromatic rings. The third-order valence-corrected chi connectivity index (χ3v) is 3.62. The second kappa shape index (κ2) is 11.0. The molecular formula is C17H31ClN4O5. The number of amides is 4. The molecule has 0 heterocycles. The number of likely N-dealkylation sites (N-methyl/N-ethyl adjacent to an activating group) is 1. The van der Waals surface area contributed by atoms with Crippen LogP contribution in [0.3, 0.4) is 0 Å². The normalized spacial score (nSPS) is 12.3. The number of hydrogen-bond acceptors (Lipinski definition) is 5. The Kier molecular flexibility index (Phi) is 10.1. The van der Waals surface area contributed by atoms with Crippen LogP contribution in [-0.4, -0.2) is 64.8 Å². The number of nitrogens with two attached hydrogens (primary N) is 1. The van der Waals surface area contributed by atoms with Crippen molar-refractivity contribution in [1.29, 1.82) is 0 Å². The average molecular weight is 407 g/mol. The zero-order valence-electron chi connectivity index (χ0n) is 16.9. The predicted octanol–water partition coefficient (Wildman–Crippen LogP) is 1.24. The fourth-order valence-corrected chi connectivity index (χ4v) is 2.24. The van der Waals surface area contributed by atoms with Gasteiger partial charge in [0.25, 0.3) is 11.8 Å². The molecule has 0 bridgehead atoms. The second-order valence-corrected chi connectivity index (χ2v) is 7.88. The Bertz CT molecular complexity index is 548. The van der Waals surface area contributed by atoms with E-state index in [9.17, 15) is 19.2 Å². The molecule has 1 unspecified atom stereocenters. The first-order chi connectivity index (χ1) is 12.3. The van der Waals surface area contributed by atoms with Crippen molar-refractivity contribution < 1.29 is 23.9 Å². The minimum absolute atomic E-state index is 0.0911. The van der Waals surface area contributed by atoms with E-state index in [2.05, 4.69) is 5.43 Å². The van der Waals surface area contributed by atoms with Crippen molar-refractivity contribution in [3.8, 4) is 0 Å². The molecule has 1 atom stereocenters. The zero-order chi connectivity index (χ0) is 21.4. The molecule has 0 aliphatic carbocycles. The van der Waals surface area contributed by atoms with Crippen LogP contribution in [-0.2, 0) is 19.1 Å². The lowest BCUT2D eigenvalue weighted by Gasteiger charge is -2.32. The van der Waals surface area contributed by atoms with Crippen molar-refractivity contribution >= 4 is 35.4 Å². The molecule has 4 amide bonds. The van der Waals surface area contributed by atoms with Crippen LogP contribution in [0.25, 0.3) is 0 Å². The minimum Gasteiger partial charge on any atom is -0.444 e. The summed E-state index contributed by atoms with van der Waals surface area (Å²) in [5.74, 6) is -2.08. The van der Waals surface area contributed by atoms with Crippen molar-refractivity contribution in [3.63, 3.8) is 0 Å². The molecule has 10 heteroatoms. The SMILES string of the molecule is CC(C)CC(C(=O)NN(CCC(N)=O)C(=O)CCl)N(C)C(=O)OC(C)(C)C. The number of halogens is 1. The molecule has 0 aromatic carbocycles. The number of nitrogens with zero attached hydrogens (tertiary/aromatic N) is 2. The number of hydrazine groups is 1. The smallest absolute Gasteiger partial charge is 0.410 e. The Morgan fingerprint density at radius 2 is 1.74 bits per heavy atom. The standard InChI is InChI=1S/C17H31ClN4O5/c1-11(2)9-12(21(6)16(26)27-17(3,4)5)15(25)20-22(14(24)10-18)8-7-13(19)23/h11-12H,7-10H2,1-6H3,(H2,19,23)(H,20,25). The van der Waals surface area contributed by atoms with Gasteiger partial charge in [-0.05, 0) is 33.1 Å². The van der Waals surface area contributed by atoms with Gasteiger partial charge in [-0.2, -0.15) is 0 Å². The molecule has 3 N–H and O–H groups in total. The highest BCUT2D eigenvalue weighted by Gasteiger charge is 2.32. The molecule has 0 rings (SSSR count). The van der Waals surface area contributed by atoms with Crippen LogP contribution in [0, 0.1) is 5.92 Å². The van der Waals surface area contributed by atoms with Gasteiger partial charge < -0.3 is 10.5 Å². The van der Waals surface area contributed by atoms with Gasteiger partial charge in [0.05, 0.1) is 6.54 Å². The Morgan fingerprint density at radius 3 is 2.15 bits per heavy atom. The first-order valence-corrected chi connectivity index (χ1v) is 9.22. The third kappa shape index (κ3) is 10.0. The maximum Gasteiger partial charge on any atom is 0.410 e. The highest BCUT2D eigenvalue weighted by molar-refractivity contribution is 6.27. The van der Waals surface area contributed by atoms with Crippen molar-refractivity contribution in [3.05, 3.63) is 0 Å². The summed E-state index contributed by atoms with van der Waals surface area (Å²) in [6.07, 6.45) is -0.449. The van der Waals surface area contributed by atoms with E-state index in [4.69, 9.17) is 22.1 Å². The summed E-state index contributed by atoms with van der Waals surface area (Å²) in [4.78, 5) is 49.2. The lowest BCUT2D eigenvalue weighted by atomic mass is 10.0. The van der Waals surface area contributed by atoms with Gasteiger partial charge in [0, 0.05) is 13.5 Å². The topological polar surface area (TPSA) is 122 Å². The van der Waals surface area contributed by atoms with Gasteiger partial charge in [0.2, 0.25) is 5.91 Å². The molecule has 27 heavy (non-hydrogen) atoms. The maximum atomic E-state index is 12.8. The van der Waals surface area contributed by atoms with Gasteiger partial charge in [0.1, 0.15) is 17.5 Å². The number of primary amides is 1. The Hall–Kier alpha value is -2.03. The molecule has 156 valence electrons. The summed E-state index contributed by atoms with van der Waals surface area (Å²) in [7, 11) is 1.46. The van der Waals surface area contributed by atoms with Crippen LogP contribution in [0.1, 0.15) is 47.5 Å².